The topological polar surface area (TPSA) is 404 Å². The normalized spacial score (nSPS) is 14.9. The van der Waals surface area contributed by atoms with Crippen molar-refractivity contribution in [2.75, 3.05) is 131 Å². The van der Waals surface area contributed by atoms with E-state index in [4.69, 9.17) is 38.3 Å². The molecule has 7 amide bonds. The highest BCUT2D eigenvalue weighted by Crippen LogP contribution is 2.19. The van der Waals surface area contributed by atoms with E-state index in [1.54, 1.807) is 104 Å². The standard InChI is InChI=1S/C74H125N11O21/c1-52-23-25-53(26-24-52)20-19-22-58(87)80-54(67(97)77-34-43-100-44-45-101-51-61(90)81-55(27-30-63(93)102-70(2,3)4)68(98)79-47-60(89)78-46-59(88)76-33-31-62(91)92)21-17-18-32-75-57(86)29-28-56(69(99)106-74(14,15)16)85-41-39-83(49-65(95)104-72(8,9)10)37-35-82(48-64(94)103-71(5,6)7)36-38-84(40-42-85)50-66(96)105-73(11,12)13/h23-26,54-56H,17-22,27-51H2,1-16H3,(H,75,86)(H,76,88)(H,77,97)(H,78,89)(H,79,98)(H,80,87)(H,81,90)(H,91,92)/t54-,55+,56+/m0/s1. The molecule has 1 aliphatic heterocycles. The van der Waals surface area contributed by atoms with Crippen LogP contribution in [0.25, 0.3) is 0 Å². The van der Waals surface area contributed by atoms with Gasteiger partial charge in [0, 0.05) is 91.3 Å². The number of unbranched alkanes of at least 4 members (excludes halogenated alkanes) is 1. The molecule has 32 nitrogen and oxygen atoms in total. The lowest BCUT2D eigenvalue weighted by molar-refractivity contribution is -0.163. The first-order valence-corrected chi connectivity index (χ1v) is 36.7. The van der Waals surface area contributed by atoms with Gasteiger partial charge < -0.3 is 75.5 Å². The predicted molar refractivity (Wildman–Crippen MR) is 393 cm³/mol. The Balaban J connectivity index is 2.19. The van der Waals surface area contributed by atoms with Crippen molar-refractivity contribution in [2.45, 2.75) is 228 Å². The van der Waals surface area contributed by atoms with Gasteiger partial charge in [-0.25, -0.2) is 0 Å². The molecule has 0 aromatic heterocycles. The van der Waals surface area contributed by atoms with Crippen LogP contribution in [0.1, 0.15) is 179 Å². The van der Waals surface area contributed by atoms with Gasteiger partial charge in [0.25, 0.3) is 0 Å². The van der Waals surface area contributed by atoms with E-state index in [-0.39, 0.29) is 142 Å². The highest BCUT2D eigenvalue weighted by atomic mass is 16.6. The minimum absolute atomic E-state index is 0.0164. The van der Waals surface area contributed by atoms with Crippen LogP contribution in [-0.4, -0.2) is 279 Å². The summed E-state index contributed by atoms with van der Waals surface area (Å²) in [5, 5.41) is 26.8. The number of aryl methyl sites for hydroxylation is 2. The fourth-order valence-electron chi connectivity index (χ4n) is 10.4. The number of carboxylic acids is 1. The summed E-state index contributed by atoms with van der Waals surface area (Å²) in [6, 6.07) is 4.80. The molecule has 1 saturated heterocycles. The number of nitrogens with zero attached hydrogens (tertiary/aromatic N) is 4. The van der Waals surface area contributed by atoms with Crippen LogP contribution in [0.15, 0.2) is 24.3 Å². The molecule has 0 spiro atoms. The summed E-state index contributed by atoms with van der Waals surface area (Å²) >= 11 is 0. The van der Waals surface area contributed by atoms with Gasteiger partial charge >= 0.3 is 35.8 Å². The Labute approximate surface area is 626 Å². The molecule has 0 aliphatic carbocycles. The lowest BCUT2D eigenvalue weighted by atomic mass is 10.1. The molecule has 32 heteroatoms. The quantitative estimate of drug-likeness (QED) is 0.0265. The molecule has 0 saturated carbocycles. The number of ether oxygens (including phenoxy) is 7. The Bertz CT molecular complexity index is 2920. The van der Waals surface area contributed by atoms with Crippen molar-refractivity contribution in [2.24, 2.45) is 0 Å². The van der Waals surface area contributed by atoms with Crippen LogP contribution in [0.4, 0.5) is 0 Å². The average molecular weight is 1500 g/mol. The van der Waals surface area contributed by atoms with Gasteiger partial charge in [-0.05, 0) is 161 Å². The first-order valence-electron chi connectivity index (χ1n) is 36.7. The van der Waals surface area contributed by atoms with Gasteiger partial charge in [-0.2, -0.15) is 0 Å². The number of rotatable bonds is 42. The Morgan fingerprint density at radius 3 is 1.39 bits per heavy atom. The Hall–Kier alpha value is -7.91. The Morgan fingerprint density at radius 2 is 0.868 bits per heavy atom. The summed E-state index contributed by atoms with van der Waals surface area (Å²) in [6.07, 6.45) is 1.53. The van der Waals surface area contributed by atoms with Crippen LogP contribution in [0.2, 0.25) is 0 Å². The molecule has 8 N–H and O–H groups in total. The third-order valence-corrected chi connectivity index (χ3v) is 15.2. The van der Waals surface area contributed by atoms with Crippen molar-refractivity contribution >= 4 is 77.2 Å². The van der Waals surface area contributed by atoms with E-state index >= 15 is 0 Å². The van der Waals surface area contributed by atoms with E-state index in [0.29, 0.717) is 51.9 Å². The van der Waals surface area contributed by atoms with Gasteiger partial charge in [-0.1, -0.05) is 29.8 Å². The van der Waals surface area contributed by atoms with Gasteiger partial charge in [0.15, 0.2) is 0 Å². The number of amides is 7. The van der Waals surface area contributed by atoms with Crippen LogP contribution in [0.3, 0.4) is 0 Å². The largest absolute Gasteiger partial charge is 0.481 e. The SMILES string of the molecule is Cc1ccc(CCCC(=O)N[C@@H](CCCCNC(=O)CC[C@H](C(=O)OC(C)(C)C)N2CCN(CC(=O)OC(C)(C)C)CCN(CC(=O)OC(C)(C)C)CCN(CC(=O)OC(C)(C)C)CC2)C(=O)NCCOCCOCC(=O)N[C@H](CCC(=O)OC(C)(C)C)C(=O)NCC(=O)NCC(=O)NCCC(=O)O)cc1. The third kappa shape index (κ3) is 48.3. The number of aliphatic carboxylic acids is 1. The molecule has 0 radical (unpaired) electrons. The molecule has 1 aromatic carbocycles. The minimum atomic E-state index is -1.31. The maximum atomic E-state index is 14.4. The molecule has 106 heavy (non-hydrogen) atoms. The molecule has 1 aliphatic rings. The number of esters is 5. The number of hydrogen-bond acceptors (Lipinski definition) is 24. The lowest BCUT2D eigenvalue weighted by Gasteiger charge is -2.37. The van der Waals surface area contributed by atoms with Crippen LogP contribution in [0.5, 0.6) is 0 Å². The maximum absolute atomic E-state index is 14.4. The van der Waals surface area contributed by atoms with E-state index in [0.717, 1.165) is 11.1 Å². The second kappa shape index (κ2) is 47.7. The first-order chi connectivity index (χ1) is 49.3. The fourth-order valence-corrected chi connectivity index (χ4v) is 10.4. The highest BCUT2D eigenvalue weighted by Gasteiger charge is 2.34. The molecular formula is C74H125N11O21. The summed E-state index contributed by atoms with van der Waals surface area (Å²) < 4.78 is 39.6. The second-order valence-electron chi connectivity index (χ2n) is 31.2. The monoisotopic (exact) mass is 1500 g/mol. The number of benzene rings is 1. The predicted octanol–water partition coefficient (Wildman–Crippen LogP) is 2.41. The Kier molecular flexibility index (Phi) is 42.4. The number of carbonyl (C=O) groups is 13. The zero-order valence-electron chi connectivity index (χ0n) is 65.9. The smallest absolute Gasteiger partial charge is 0.323 e. The molecule has 1 fully saturated rings. The molecule has 1 heterocycles. The summed E-state index contributed by atoms with van der Waals surface area (Å²) in [6.45, 7) is 28.7. The van der Waals surface area contributed by atoms with Gasteiger partial charge in [-0.15, -0.1) is 0 Å². The summed E-state index contributed by atoms with van der Waals surface area (Å²) in [5.74, 6) is -7.78. The molecule has 0 bridgehead atoms. The van der Waals surface area contributed by atoms with Crippen molar-refractivity contribution < 1.29 is 101 Å². The maximum Gasteiger partial charge on any atom is 0.323 e. The lowest BCUT2D eigenvalue weighted by Crippen LogP contribution is -2.53. The van der Waals surface area contributed by atoms with E-state index < -0.39 is 131 Å². The molecule has 0 unspecified atom stereocenters. The third-order valence-electron chi connectivity index (χ3n) is 15.2. The van der Waals surface area contributed by atoms with Crippen LogP contribution < -0.4 is 37.2 Å². The summed E-state index contributed by atoms with van der Waals surface area (Å²) in [4.78, 5) is 177. The minimum Gasteiger partial charge on any atom is -0.481 e. The zero-order valence-corrected chi connectivity index (χ0v) is 65.9. The molecular weight excluding hydrogens is 1380 g/mol. The molecule has 3 atom stereocenters. The summed E-state index contributed by atoms with van der Waals surface area (Å²) in [7, 11) is 0. The molecule has 2 rings (SSSR count). The second-order valence-corrected chi connectivity index (χ2v) is 31.2. The molecule has 1 aromatic rings. The van der Waals surface area contributed by atoms with Crippen LogP contribution >= 0.6 is 0 Å². The zero-order chi connectivity index (χ0) is 79.8. The van der Waals surface area contributed by atoms with E-state index in [9.17, 15) is 62.3 Å². The van der Waals surface area contributed by atoms with Gasteiger partial charge in [0.05, 0.1) is 59.0 Å². The number of hydrogen-bond donors (Lipinski definition) is 8. The van der Waals surface area contributed by atoms with E-state index in [1.165, 1.54) is 0 Å². The van der Waals surface area contributed by atoms with Crippen molar-refractivity contribution in [3.05, 3.63) is 35.4 Å². The highest BCUT2D eigenvalue weighted by molar-refractivity contribution is 5.92. The first kappa shape index (κ1) is 94.2. The van der Waals surface area contributed by atoms with Gasteiger partial charge in [0.2, 0.25) is 41.4 Å². The Morgan fingerprint density at radius 1 is 0.415 bits per heavy atom. The average Bonchev–Trinajstić information content (AvgIpc) is 0.849. The van der Waals surface area contributed by atoms with Gasteiger partial charge in [0.1, 0.15) is 52.7 Å². The van der Waals surface area contributed by atoms with Crippen molar-refractivity contribution in [1.29, 1.82) is 0 Å². The van der Waals surface area contributed by atoms with Crippen LogP contribution in [0, 0.1) is 6.92 Å². The van der Waals surface area contributed by atoms with Gasteiger partial charge in [-0.3, -0.25) is 81.9 Å². The van der Waals surface area contributed by atoms with Crippen molar-refractivity contribution in [1.82, 2.24) is 56.8 Å². The number of nitrogens with one attached hydrogen (secondary N) is 7. The summed E-state index contributed by atoms with van der Waals surface area (Å²) in [5.41, 5.74) is -1.82. The number of carbonyl (C=O) groups excluding carboxylic acids is 12. The van der Waals surface area contributed by atoms with E-state index in [1.807, 2.05) is 50.8 Å². The van der Waals surface area contributed by atoms with Crippen molar-refractivity contribution in [3.63, 3.8) is 0 Å². The number of carboxylic acid groups (broad SMARTS) is 1. The fraction of sp³-hybridized carbons (Fsp3) is 0.743. The van der Waals surface area contributed by atoms with E-state index in [2.05, 4.69) is 37.2 Å². The van der Waals surface area contributed by atoms with Crippen LogP contribution in [-0.2, 0) is 102 Å². The van der Waals surface area contributed by atoms with Crippen molar-refractivity contribution in [3.8, 4) is 0 Å². The molecule has 602 valence electrons.